The van der Waals surface area contributed by atoms with Crippen LogP contribution in [0.15, 0.2) is 22.7 Å². The van der Waals surface area contributed by atoms with Crippen molar-refractivity contribution in [3.05, 3.63) is 28.2 Å². The number of nitrogens with two attached hydrogens (primary N) is 1. The highest BCUT2D eigenvalue weighted by Gasteiger charge is 2.25. The Kier molecular flexibility index (Phi) is 6.70. The molecular formula is C17H25BrN2O2. The van der Waals surface area contributed by atoms with Crippen LogP contribution in [0.2, 0.25) is 0 Å². The van der Waals surface area contributed by atoms with Gasteiger partial charge in [-0.2, -0.15) is 0 Å². The van der Waals surface area contributed by atoms with Crippen LogP contribution < -0.4 is 15.8 Å². The van der Waals surface area contributed by atoms with E-state index in [1.54, 1.807) is 0 Å². The first-order chi connectivity index (χ1) is 10.6. The summed E-state index contributed by atoms with van der Waals surface area (Å²) in [6.07, 6.45) is 4.92. The van der Waals surface area contributed by atoms with Crippen LogP contribution in [0.1, 0.15) is 37.7 Å². The molecule has 1 aromatic carbocycles. The molecule has 0 bridgehead atoms. The molecule has 22 heavy (non-hydrogen) atoms. The third-order valence-corrected chi connectivity index (χ3v) is 4.85. The zero-order valence-electron chi connectivity index (χ0n) is 13.1. The average Bonchev–Trinajstić information content (AvgIpc) is 2.50. The largest absolute Gasteiger partial charge is 0.492 e. The van der Waals surface area contributed by atoms with Crippen LogP contribution in [0.5, 0.6) is 5.75 Å². The fourth-order valence-corrected chi connectivity index (χ4v) is 3.54. The Bertz CT molecular complexity index is 507. The van der Waals surface area contributed by atoms with Gasteiger partial charge >= 0.3 is 0 Å². The number of rotatable bonds is 6. The fourth-order valence-electron chi connectivity index (χ4n) is 2.94. The van der Waals surface area contributed by atoms with Gasteiger partial charge in [-0.1, -0.05) is 18.9 Å². The maximum Gasteiger partial charge on any atom is 0.223 e. The number of ether oxygens (including phenoxy) is 1. The summed E-state index contributed by atoms with van der Waals surface area (Å²) in [5.41, 5.74) is 6.96. The molecule has 1 saturated carbocycles. The maximum absolute atomic E-state index is 12.1. The van der Waals surface area contributed by atoms with Crippen LogP contribution >= 0.6 is 15.9 Å². The van der Waals surface area contributed by atoms with Crippen LogP contribution in [0, 0.1) is 12.8 Å². The van der Waals surface area contributed by atoms with E-state index in [1.165, 1.54) is 18.4 Å². The van der Waals surface area contributed by atoms with E-state index in [0.717, 1.165) is 23.1 Å². The molecule has 1 aliphatic rings. The highest BCUT2D eigenvalue weighted by molar-refractivity contribution is 9.10. The topological polar surface area (TPSA) is 64.3 Å². The first-order valence-electron chi connectivity index (χ1n) is 7.98. The molecule has 1 amide bonds. The third-order valence-electron chi connectivity index (χ3n) is 4.23. The number of carbonyl (C=O) groups is 1. The number of halogens is 1. The van der Waals surface area contributed by atoms with Gasteiger partial charge in [0.25, 0.3) is 0 Å². The lowest BCUT2D eigenvalue weighted by Crippen LogP contribution is -2.45. The van der Waals surface area contributed by atoms with E-state index >= 15 is 0 Å². The number of amides is 1. The molecule has 2 rings (SSSR count). The lowest BCUT2D eigenvalue weighted by molar-refractivity contribution is -0.122. The van der Waals surface area contributed by atoms with Gasteiger partial charge in [0.1, 0.15) is 5.75 Å². The molecule has 3 N–H and O–H groups in total. The van der Waals surface area contributed by atoms with Gasteiger partial charge in [0.15, 0.2) is 0 Å². The smallest absolute Gasteiger partial charge is 0.223 e. The van der Waals surface area contributed by atoms with E-state index in [-0.39, 0.29) is 11.9 Å². The van der Waals surface area contributed by atoms with Gasteiger partial charge in [-0.05, 0) is 65.9 Å². The number of benzene rings is 1. The predicted octanol–water partition coefficient (Wildman–Crippen LogP) is 3.16. The monoisotopic (exact) mass is 368 g/mol. The summed E-state index contributed by atoms with van der Waals surface area (Å²) in [6.45, 7) is 3.06. The quantitative estimate of drug-likeness (QED) is 0.810. The first-order valence-corrected chi connectivity index (χ1v) is 8.78. The van der Waals surface area contributed by atoms with Gasteiger partial charge in [-0.3, -0.25) is 4.79 Å². The van der Waals surface area contributed by atoms with Gasteiger partial charge in [-0.15, -0.1) is 0 Å². The Morgan fingerprint density at radius 2 is 2.18 bits per heavy atom. The highest BCUT2D eigenvalue weighted by Crippen LogP contribution is 2.26. The molecule has 0 heterocycles. The second-order valence-electron chi connectivity index (χ2n) is 5.99. The molecule has 2 unspecified atom stereocenters. The molecule has 0 aromatic heterocycles. The molecule has 1 aromatic rings. The summed E-state index contributed by atoms with van der Waals surface area (Å²) >= 11 is 3.47. The molecule has 1 fully saturated rings. The second-order valence-corrected chi connectivity index (χ2v) is 6.84. The molecule has 122 valence electrons. The summed E-state index contributed by atoms with van der Waals surface area (Å²) in [6, 6.07) is 6.15. The Labute approximate surface area is 140 Å². The van der Waals surface area contributed by atoms with E-state index in [0.29, 0.717) is 25.5 Å². The molecule has 0 spiro atoms. The summed E-state index contributed by atoms with van der Waals surface area (Å²) < 4.78 is 6.59. The zero-order chi connectivity index (χ0) is 15.9. The van der Waals surface area contributed by atoms with Gasteiger partial charge < -0.3 is 15.8 Å². The van der Waals surface area contributed by atoms with E-state index in [2.05, 4.69) is 21.2 Å². The van der Waals surface area contributed by atoms with Crippen molar-refractivity contribution in [2.45, 2.75) is 45.1 Å². The highest BCUT2D eigenvalue weighted by atomic mass is 79.9. The molecule has 0 aliphatic heterocycles. The summed E-state index contributed by atoms with van der Waals surface area (Å²) in [5.74, 6) is 1.24. The van der Waals surface area contributed by atoms with Crippen molar-refractivity contribution in [3.8, 4) is 5.75 Å². The molecule has 5 heteroatoms. The van der Waals surface area contributed by atoms with Crippen molar-refractivity contribution < 1.29 is 9.53 Å². The Balaban J connectivity index is 1.75. The van der Waals surface area contributed by atoms with Gasteiger partial charge in [0.05, 0.1) is 17.5 Å². The second kappa shape index (κ2) is 8.53. The minimum atomic E-state index is 0.0496. The van der Waals surface area contributed by atoms with Crippen molar-refractivity contribution >= 4 is 21.8 Å². The van der Waals surface area contributed by atoms with E-state index in [4.69, 9.17) is 10.5 Å². The number of carbonyl (C=O) groups excluding carboxylic acids is 1. The number of hydrogen-bond acceptors (Lipinski definition) is 3. The van der Waals surface area contributed by atoms with Crippen molar-refractivity contribution in [2.75, 3.05) is 13.2 Å². The molecular weight excluding hydrogens is 344 g/mol. The summed E-state index contributed by atoms with van der Waals surface area (Å²) in [5, 5.41) is 3.12. The predicted molar refractivity (Wildman–Crippen MR) is 91.9 cm³/mol. The minimum Gasteiger partial charge on any atom is -0.492 e. The first kappa shape index (κ1) is 17.3. The van der Waals surface area contributed by atoms with Crippen LogP contribution in [0.25, 0.3) is 0 Å². The molecule has 4 nitrogen and oxygen atoms in total. The van der Waals surface area contributed by atoms with Crippen LogP contribution in [0.3, 0.4) is 0 Å². The van der Waals surface area contributed by atoms with E-state index in [1.807, 2.05) is 25.1 Å². The van der Waals surface area contributed by atoms with Crippen LogP contribution in [0.4, 0.5) is 0 Å². The Morgan fingerprint density at radius 3 is 2.91 bits per heavy atom. The normalized spacial score (nSPS) is 21.4. The van der Waals surface area contributed by atoms with Gasteiger partial charge in [0, 0.05) is 6.04 Å². The molecule has 1 aliphatic carbocycles. The molecule has 0 saturated heterocycles. The SMILES string of the molecule is Cc1ccc(OCCC(=O)NC2CCCCC2CN)c(Br)c1. The standard InChI is InChI=1S/C17H25BrN2O2/c1-12-6-7-16(14(18)10-12)22-9-8-17(21)20-15-5-3-2-4-13(15)11-19/h6-7,10,13,15H,2-5,8-9,11,19H2,1H3,(H,20,21). The maximum atomic E-state index is 12.1. The van der Waals surface area contributed by atoms with Gasteiger partial charge in [0.2, 0.25) is 5.91 Å². The zero-order valence-corrected chi connectivity index (χ0v) is 14.7. The average molecular weight is 369 g/mol. The van der Waals surface area contributed by atoms with Crippen molar-refractivity contribution in [1.82, 2.24) is 5.32 Å². The lowest BCUT2D eigenvalue weighted by atomic mass is 9.84. The lowest BCUT2D eigenvalue weighted by Gasteiger charge is -2.31. The van der Waals surface area contributed by atoms with Gasteiger partial charge in [-0.25, -0.2) is 0 Å². The minimum absolute atomic E-state index is 0.0496. The third kappa shape index (κ3) is 4.99. The molecule has 2 atom stereocenters. The van der Waals surface area contributed by atoms with E-state index < -0.39 is 0 Å². The van der Waals surface area contributed by atoms with Crippen molar-refractivity contribution in [1.29, 1.82) is 0 Å². The number of aryl methyl sites for hydroxylation is 1. The Hall–Kier alpha value is -1.07. The van der Waals surface area contributed by atoms with Crippen LogP contribution in [-0.2, 0) is 4.79 Å². The Morgan fingerprint density at radius 1 is 1.41 bits per heavy atom. The summed E-state index contributed by atoms with van der Waals surface area (Å²) in [4.78, 5) is 12.1. The fraction of sp³-hybridized carbons (Fsp3) is 0.588. The number of nitrogens with one attached hydrogen (secondary N) is 1. The van der Waals surface area contributed by atoms with Crippen LogP contribution in [-0.4, -0.2) is 25.1 Å². The van der Waals surface area contributed by atoms with Crippen molar-refractivity contribution in [2.24, 2.45) is 11.7 Å². The van der Waals surface area contributed by atoms with E-state index in [9.17, 15) is 4.79 Å². The van der Waals surface area contributed by atoms with Crippen molar-refractivity contribution in [3.63, 3.8) is 0 Å². The summed E-state index contributed by atoms with van der Waals surface area (Å²) in [7, 11) is 0. The number of hydrogen-bond donors (Lipinski definition) is 2. The molecule has 0 radical (unpaired) electrons.